The standard InChI is InChI=1S/C21H12O5/c22-19-15-6-1-2-7-16(15)20(23)17(19)11-14-8-9-18(26-14)12-4-3-5-13(10-12)21(24)25/h1-11H,(H,24,25)/p-1. The van der Waals surface area contributed by atoms with Gasteiger partial charge in [0.2, 0.25) is 0 Å². The fraction of sp³-hybridized carbons (Fsp3) is 0. The van der Waals surface area contributed by atoms with Gasteiger partial charge in [0.1, 0.15) is 11.5 Å². The highest BCUT2D eigenvalue weighted by molar-refractivity contribution is 6.41. The minimum atomic E-state index is -1.28. The van der Waals surface area contributed by atoms with Gasteiger partial charge in [-0.2, -0.15) is 0 Å². The number of benzene rings is 2. The molecule has 126 valence electrons. The van der Waals surface area contributed by atoms with Crippen molar-refractivity contribution in [3.8, 4) is 11.3 Å². The first-order valence-electron chi connectivity index (χ1n) is 7.86. The SMILES string of the molecule is O=C([O-])c1cccc(-c2ccc(C=C3C(=O)c4ccccc4C3=O)o2)c1. The van der Waals surface area contributed by atoms with Crippen LogP contribution in [0, 0.1) is 0 Å². The van der Waals surface area contributed by atoms with Crippen LogP contribution in [0.25, 0.3) is 17.4 Å². The Morgan fingerprint density at radius 3 is 2.23 bits per heavy atom. The Morgan fingerprint density at radius 1 is 0.885 bits per heavy atom. The fourth-order valence-electron chi connectivity index (χ4n) is 2.93. The van der Waals surface area contributed by atoms with E-state index >= 15 is 0 Å². The highest BCUT2D eigenvalue weighted by Gasteiger charge is 2.32. The summed E-state index contributed by atoms with van der Waals surface area (Å²) in [6, 6.07) is 16.1. The van der Waals surface area contributed by atoms with Gasteiger partial charge in [-0.1, -0.05) is 42.5 Å². The van der Waals surface area contributed by atoms with Crippen LogP contribution in [0.1, 0.15) is 36.8 Å². The van der Waals surface area contributed by atoms with Gasteiger partial charge in [0.25, 0.3) is 0 Å². The minimum Gasteiger partial charge on any atom is -0.545 e. The first-order valence-corrected chi connectivity index (χ1v) is 7.86. The second-order valence-electron chi connectivity index (χ2n) is 5.83. The third-order valence-corrected chi connectivity index (χ3v) is 4.20. The van der Waals surface area contributed by atoms with Gasteiger partial charge in [0.05, 0.1) is 11.5 Å². The zero-order chi connectivity index (χ0) is 18.3. The number of ketones is 2. The van der Waals surface area contributed by atoms with Crippen molar-refractivity contribution in [3.05, 3.63) is 88.7 Å². The molecule has 1 heterocycles. The quantitative estimate of drug-likeness (QED) is 0.539. The number of hydrogen-bond donors (Lipinski definition) is 0. The number of rotatable bonds is 3. The van der Waals surface area contributed by atoms with Crippen molar-refractivity contribution in [2.75, 3.05) is 0 Å². The van der Waals surface area contributed by atoms with Crippen LogP contribution in [0.3, 0.4) is 0 Å². The highest BCUT2D eigenvalue weighted by atomic mass is 16.4. The number of allylic oxidation sites excluding steroid dienone is 1. The van der Waals surface area contributed by atoms with E-state index < -0.39 is 5.97 Å². The molecule has 0 saturated carbocycles. The highest BCUT2D eigenvalue weighted by Crippen LogP contribution is 2.29. The number of carboxylic acid groups (broad SMARTS) is 1. The van der Waals surface area contributed by atoms with Gasteiger partial charge < -0.3 is 14.3 Å². The summed E-state index contributed by atoms with van der Waals surface area (Å²) < 4.78 is 5.67. The molecule has 1 aliphatic carbocycles. The molecule has 0 bridgehead atoms. The number of hydrogen-bond acceptors (Lipinski definition) is 5. The lowest BCUT2D eigenvalue weighted by Gasteiger charge is -2.03. The molecule has 3 aromatic rings. The van der Waals surface area contributed by atoms with E-state index in [0.29, 0.717) is 28.2 Å². The van der Waals surface area contributed by atoms with E-state index in [2.05, 4.69) is 0 Å². The maximum Gasteiger partial charge on any atom is 0.197 e. The molecular formula is C21H11O5-. The summed E-state index contributed by atoms with van der Waals surface area (Å²) in [5, 5.41) is 11.0. The Balaban J connectivity index is 1.69. The van der Waals surface area contributed by atoms with E-state index in [-0.39, 0.29) is 22.7 Å². The van der Waals surface area contributed by atoms with Crippen LogP contribution in [-0.4, -0.2) is 17.5 Å². The number of aromatic carboxylic acids is 1. The number of Topliss-reactive ketones (excluding diaryl/α,β-unsaturated/α-hetero) is 2. The molecule has 1 aromatic heterocycles. The topological polar surface area (TPSA) is 87.4 Å². The molecule has 0 N–H and O–H groups in total. The van der Waals surface area contributed by atoms with Crippen LogP contribution in [0.4, 0.5) is 0 Å². The molecule has 4 rings (SSSR count). The number of carbonyl (C=O) groups is 3. The van der Waals surface area contributed by atoms with Crippen molar-refractivity contribution < 1.29 is 23.9 Å². The molecule has 5 heteroatoms. The maximum atomic E-state index is 12.4. The second-order valence-corrected chi connectivity index (χ2v) is 5.83. The van der Waals surface area contributed by atoms with Crippen molar-refractivity contribution >= 4 is 23.6 Å². The van der Waals surface area contributed by atoms with E-state index in [1.807, 2.05) is 0 Å². The predicted molar refractivity (Wildman–Crippen MR) is 91.6 cm³/mol. The van der Waals surface area contributed by atoms with Gasteiger partial charge in [-0.15, -0.1) is 0 Å². The maximum absolute atomic E-state index is 12.4. The summed E-state index contributed by atoms with van der Waals surface area (Å²) in [4.78, 5) is 35.8. The molecule has 0 spiro atoms. The van der Waals surface area contributed by atoms with Crippen LogP contribution in [0.15, 0.2) is 70.7 Å². The van der Waals surface area contributed by atoms with E-state index in [9.17, 15) is 19.5 Å². The van der Waals surface area contributed by atoms with Crippen molar-refractivity contribution in [1.29, 1.82) is 0 Å². The van der Waals surface area contributed by atoms with E-state index in [4.69, 9.17) is 4.42 Å². The van der Waals surface area contributed by atoms with Gasteiger partial charge in [-0.3, -0.25) is 9.59 Å². The van der Waals surface area contributed by atoms with Crippen LogP contribution in [0.5, 0.6) is 0 Å². The molecule has 0 amide bonds. The Hall–Kier alpha value is -3.73. The minimum absolute atomic E-state index is 0.0374. The smallest absolute Gasteiger partial charge is 0.197 e. The molecule has 26 heavy (non-hydrogen) atoms. The van der Waals surface area contributed by atoms with Crippen molar-refractivity contribution in [3.63, 3.8) is 0 Å². The molecule has 0 radical (unpaired) electrons. The van der Waals surface area contributed by atoms with Crippen molar-refractivity contribution in [1.82, 2.24) is 0 Å². The van der Waals surface area contributed by atoms with E-state index in [0.717, 1.165) is 0 Å². The van der Waals surface area contributed by atoms with Gasteiger partial charge in [0.15, 0.2) is 11.6 Å². The van der Waals surface area contributed by atoms with Crippen LogP contribution < -0.4 is 5.11 Å². The molecule has 0 aliphatic heterocycles. The van der Waals surface area contributed by atoms with E-state index in [1.54, 1.807) is 48.5 Å². The lowest BCUT2D eigenvalue weighted by Crippen LogP contribution is -2.22. The number of carbonyl (C=O) groups excluding carboxylic acids is 3. The predicted octanol–water partition coefficient (Wildman–Crippen LogP) is 2.77. The third-order valence-electron chi connectivity index (χ3n) is 4.20. The summed E-state index contributed by atoms with van der Waals surface area (Å²) in [5.41, 5.74) is 1.42. The zero-order valence-corrected chi connectivity index (χ0v) is 13.4. The van der Waals surface area contributed by atoms with Gasteiger partial charge >= 0.3 is 0 Å². The Bertz CT molecular complexity index is 1060. The molecule has 0 unspecified atom stereocenters. The molecule has 0 atom stereocenters. The van der Waals surface area contributed by atoms with E-state index in [1.165, 1.54) is 18.2 Å². The first-order chi connectivity index (χ1) is 12.5. The zero-order valence-electron chi connectivity index (χ0n) is 13.4. The van der Waals surface area contributed by atoms with Gasteiger partial charge in [-0.25, -0.2) is 0 Å². The molecule has 2 aromatic carbocycles. The molecule has 0 fully saturated rings. The average molecular weight is 343 g/mol. The number of furan rings is 1. The Morgan fingerprint density at radius 2 is 1.58 bits per heavy atom. The lowest BCUT2D eigenvalue weighted by molar-refractivity contribution is -0.255. The fourth-order valence-corrected chi connectivity index (χ4v) is 2.93. The Labute approximate surface area is 148 Å². The molecule has 5 nitrogen and oxygen atoms in total. The summed E-state index contributed by atoms with van der Waals surface area (Å²) >= 11 is 0. The van der Waals surface area contributed by atoms with Gasteiger partial charge in [-0.05, 0) is 29.8 Å². The van der Waals surface area contributed by atoms with Crippen LogP contribution >= 0.6 is 0 Å². The number of carboxylic acids is 1. The summed E-state index contributed by atoms with van der Waals surface area (Å²) in [5.74, 6) is -1.18. The second kappa shape index (κ2) is 5.97. The largest absolute Gasteiger partial charge is 0.545 e. The van der Waals surface area contributed by atoms with Gasteiger partial charge in [0, 0.05) is 16.7 Å². The lowest BCUT2D eigenvalue weighted by atomic mass is 10.1. The van der Waals surface area contributed by atoms with Crippen LogP contribution in [0.2, 0.25) is 0 Å². The third kappa shape index (κ3) is 2.56. The monoisotopic (exact) mass is 343 g/mol. The normalized spacial score (nSPS) is 13.0. The molecule has 0 saturated heterocycles. The van der Waals surface area contributed by atoms with Crippen LogP contribution in [-0.2, 0) is 0 Å². The average Bonchev–Trinajstić information content (AvgIpc) is 3.22. The number of fused-ring (bicyclic) bond motifs is 1. The Kier molecular flexibility index (Phi) is 3.62. The van der Waals surface area contributed by atoms with Crippen molar-refractivity contribution in [2.24, 2.45) is 0 Å². The first kappa shape index (κ1) is 15.8. The molecule has 1 aliphatic rings. The summed E-state index contributed by atoms with van der Waals surface area (Å²) in [6.07, 6.45) is 1.41. The summed E-state index contributed by atoms with van der Waals surface area (Å²) in [6.45, 7) is 0. The van der Waals surface area contributed by atoms with Crippen molar-refractivity contribution in [2.45, 2.75) is 0 Å². The summed E-state index contributed by atoms with van der Waals surface area (Å²) in [7, 11) is 0. The molecular weight excluding hydrogens is 332 g/mol.